The SMILES string of the molecule is CCCNC(COCC1CCOCC1)c1ccccc1. The molecule has 1 aliphatic heterocycles. The lowest BCUT2D eigenvalue weighted by atomic mass is 10.0. The van der Waals surface area contributed by atoms with E-state index in [9.17, 15) is 0 Å². The van der Waals surface area contributed by atoms with Crippen molar-refractivity contribution >= 4 is 0 Å². The van der Waals surface area contributed by atoms with Gasteiger partial charge in [0.15, 0.2) is 0 Å². The number of benzene rings is 1. The van der Waals surface area contributed by atoms with Crippen LogP contribution in [0.4, 0.5) is 0 Å². The highest BCUT2D eigenvalue weighted by atomic mass is 16.5. The van der Waals surface area contributed by atoms with E-state index < -0.39 is 0 Å². The van der Waals surface area contributed by atoms with Crippen LogP contribution < -0.4 is 5.32 Å². The van der Waals surface area contributed by atoms with E-state index in [1.807, 2.05) is 0 Å². The van der Waals surface area contributed by atoms with Crippen LogP contribution in [0, 0.1) is 5.92 Å². The predicted molar refractivity (Wildman–Crippen MR) is 81.8 cm³/mol. The molecule has 0 aromatic heterocycles. The molecule has 1 unspecified atom stereocenters. The maximum Gasteiger partial charge on any atom is 0.0661 e. The number of nitrogens with one attached hydrogen (secondary N) is 1. The smallest absolute Gasteiger partial charge is 0.0661 e. The Kier molecular flexibility index (Phi) is 7.06. The topological polar surface area (TPSA) is 30.5 Å². The van der Waals surface area contributed by atoms with Gasteiger partial charge in [0.1, 0.15) is 0 Å². The third-order valence-corrected chi connectivity index (χ3v) is 3.82. The Hall–Kier alpha value is -0.900. The second-order valence-electron chi connectivity index (χ2n) is 5.51. The highest BCUT2D eigenvalue weighted by Gasteiger charge is 2.15. The summed E-state index contributed by atoms with van der Waals surface area (Å²) in [5.74, 6) is 0.673. The Balaban J connectivity index is 1.78. The highest BCUT2D eigenvalue weighted by Crippen LogP contribution is 2.17. The first-order valence-corrected chi connectivity index (χ1v) is 7.84. The van der Waals surface area contributed by atoms with Gasteiger partial charge in [-0.15, -0.1) is 0 Å². The van der Waals surface area contributed by atoms with Crippen molar-refractivity contribution in [2.75, 3.05) is 33.0 Å². The largest absolute Gasteiger partial charge is 0.381 e. The number of ether oxygens (including phenoxy) is 2. The van der Waals surface area contributed by atoms with Crippen LogP contribution in [0.25, 0.3) is 0 Å². The zero-order chi connectivity index (χ0) is 14.0. The molecular weight excluding hydrogens is 250 g/mol. The summed E-state index contributed by atoms with van der Waals surface area (Å²) >= 11 is 0. The molecule has 1 aliphatic rings. The van der Waals surface area contributed by atoms with Gasteiger partial charge in [-0.3, -0.25) is 0 Å². The van der Waals surface area contributed by atoms with Gasteiger partial charge in [0, 0.05) is 19.8 Å². The average Bonchev–Trinajstić information content (AvgIpc) is 2.52. The lowest BCUT2D eigenvalue weighted by molar-refractivity contribution is 0.0151. The Labute approximate surface area is 122 Å². The minimum atomic E-state index is 0.302. The van der Waals surface area contributed by atoms with Crippen LogP contribution in [0.5, 0.6) is 0 Å². The van der Waals surface area contributed by atoms with Gasteiger partial charge in [-0.2, -0.15) is 0 Å². The zero-order valence-electron chi connectivity index (χ0n) is 12.5. The predicted octanol–water partition coefficient (Wildman–Crippen LogP) is 3.17. The molecule has 0 spiro atoms. The lowest BCUT2D eigenvalue weighted by Gasteiger charge is -2.24. The van der Waals surface area contributed by atoms with Gasteiger partial charge in [-0.25, -0.2) is 0 Å². The summed E-state index contributed by atoms with van der Waals surface area (Å²) in [5, 5.41) is 3.57. The van der Waals surface area contributed by atoms with E-state index in [0.29, 0.717) is 12.0 Å². The maximum atomic E-state index is 5.97. The van der Waals surface area contributed by atoms with Gasteiger partial charge >= 0.3 is 0 Å². The van der Waals surface area contributed by atoms with Crippen molar-refractivity contribution in [2.45, 2.75) is 32.2 Å². The monoisotopic (exact) mass is 277 g/mol. The van der Waals surface area contributed by atoms with Crippen molar-refractivity contribution in [3.63, 3.8) is 0 Å². The summed E-state index contributed by atoms with van der Waals surface area (Å²) in [6.45, 7) is 6.62. The van der Waals surface area contributed by atoms with Crippen LogP contribution in [0.1, 0.15) is 37.8 Å². The van der Waals surface area contributed by atoms with E-state index in [1.165, 1.54) is 5.56 Å². The molecular formula is C17H27NO2. The molecule has 3 nitrogen and oxygen atoms in total. The van der Waals surface area contributed by atoms with Crippen LogP contribution in [0.2, 0.25) is 0 Å². The summed E-state index contributed by atoms with van der Waals surface area (Å²) in [6, 6.07) is 10.9. The van der Waals surface area contributed by atoms with E-state index in [4.69, 9.17) is 9.47 Å². The quantitative estimate of drug-likeness (QED) is 0.791. The Morgan fingerprint density at radius 2 is 2.00 bits per heavy atom. The third-order valence-electron chi connectivity index (χ3n) is 3.82. The molecule has 1 aromatic carbocycles. The molecule has 3 heteroatoms. The number of hydrogen-bond acceptors (Lipinski definition) is 3. The van der Waals surface area contributed by atoms with E-state index in [0.717, 1.165) is 52.2 Å². The summed E-state index contributed by atoms with van der Waals surface area (Å²) in [7, 11) is 0. The molecule has 0 bridgehead atoms. The fourth-order valence-electron chi connectivity index (χ4n) is 2.54. The van der Waals surface area contributed by atoms with Crippen molar-refractivity contribution in [3.8, 4) is 0 Å². The molecule has 1 atom stereocenters. The van der Waals surface area contributed by atoms with E-state index >= 15 is 0 Å². The van der Waals surface area contributed by atoms with Crippen molar-refractivity contribution < 1.29 is 9.47 Å². The number of hydrogen-bond donors (Lipinski definition) is 1. The first-order valence-electron chi connectivity index (χ1n) is 7.84. The normalized spacial score (nSPS) is 18.1. The summed E-state index contributed by atoms with van der Waals surface area (Å²) < 4.78 is 11.4. The fourth-order valence-corrected chi connectivity index (χ4v) is 2.54. The van der Waals surface area contributed by atoms with Gasteiger partial charge in [-0.1, -0.05) is 37.3 Å². The Bertz CT molecular complexity index is 349. The zero-order valence-corrected chi connectivity index (χ0v) is 12.5. The van der Waals surface area contributed by atoms with Gasteiger partial charge in [0.2, 0.25) is 0 Å². The minimum Gasteiger partial charge on any atom is -0.381 e. The molecule has 0 saturated carbocycles. The van der Waals surface area contributed by atoms with Crippen molar-refractivity contribution in [2.24, 2.45) is 5.92 Å². The van der Waals surface area contributed by atoms with Crippen molar-refractivity contribution in [1.29, 1.82) is 0 Å². The molecule has 112 valence electrons. The maximum absolute atomic E-state index is 5.97. The van der Waals surface area contributed by atoms with Crippen LogP contribution in [0.15, 0.2) is 30.3 Å². The summed E-state index contributed by atoms with van der Waals surface area (Å²) in [5.41, 5.74) is 1.31. The molecule has 1 aromatic rings. The van der Waals surface area contributed by atoms with Gasteiger partial charge in [0.25, 0.3) is 0 Å². The van der Waals surface area contributed by atoms with Crippen molar-refractivity contribution in [1.82, 2.24) is 5.32 Å². The van der Waals surface area contributed by atoms with E-state index in [1.54, 1.807) is 0 Å². The molecule has 20 heavy (non-hydrogen) atoms. The third kappa shape index (κ3) is 5.23. The van der Waals surface area contributed by atoms with E-state index in [2.05, 4.69) is 42.6 Å². The molecule has 0 amide bonds. The summed E-state index contributed by atoms with van der Waals surface area (Å²) in [4.78, 5) is 0. The van der Waals surface area contributed by atoms with Gasteiger partial charge < -0.3 is 14.8 Å². The van der Waals surface area contributed by atoms with Crippen LogP contribution >= 0.6 is 0 Å². The van der Waals surface area contributed by atoms with Gasteiger partial charge in [0.05, 0.1) is 12.6 Å². The molecule has 1 saturated heterocycles. The molecule has 0 aliphatic carbocycles. The van der Waals surface area contributed by atoms with Crippen LogP contribution in [-0.4, -0.2) is 33.0 Å². The molecule has 1 heterocycles. The van der Waals surface area contributed by atoms with Gasteiger partial charge in [-0.05, 0) is 37.3 Å². The summed E-state index contributed by atoms with van der Waals surface area (Å²) in [6.07, 6.45) is 3.42. The van der Waals surface area contributed by atoms with Crippen molar-refractivity contribution in [3.05, 3.63) is 35.9 Å². The standard InChI is InChI=1S/C17H27NO2/c1-2-10-18-17(16-6-4-3-5-7-16)14-20-13-15-8-11-19-12-9-15/h3-7,15,17-18H,2,8-14H2,1H3. The molecule has 1 N–H and O–H groups in total. The molecule has 1 fully saturated rings. The first-order chi connectivity index (χ1) is 9.90. The van der Waals surface area contributed by atoms with E-state index in [-0.39, 0.29) is 0 Å². The average molecular weight is 277 g/mol. The van der Waals surface area contributed by atoms with Crippen LogP contribution in [0.3, 0.4) is 0 Å². The second-order valence-corrected chi connectivity index (χ2v) is 5.51. The fraction of sp³-hybridized carbons (Fsp3) is 0.647. The molecule has 2 rings (SSSR count). The second kappa shape index (κ2) is 9.11. The number of rotatable bonds is 8. The highest BCUT2D eigenvalue weighted by molar-refractivity contribution is 5.18. The Morgan fingerprint density at radius 3 is 2.70 bits per heavy atom. The first kappa shape index (κ1) is 15.5. The Morgan fingerprint density at radius 1 is 1.25 bits per heavy atom. The minimum absolute atomic E-state index is 0.302. The molecule has 0 radical (unpaired) electrons. The lowest BCUT2D eigenvalue weighted by Crippen LogP contribution is -2.28. The van der Waals surface area contributed by atoms with Crippen LogP contribution in [-0.2, 0) is 9.47 Å².